The van der Waals surface area contributed by atoms with E-state index in [9.17, 15) is 8.42 Å². The number of hydrogen-bond donors (Lipinski definition) is 1. The van der Waals surface area contributed by atoms with E-state index in [1.807, 2.05) is 12.1 Å². The third kappa shape index (κ3) is 4.10. The third-order valence-electron chi connectivity index (χ3n) is 6.39. The van der Waals surface area contributed by atoms with Crippen LogP contribution in [0.25, 0.3) is 0 Å². The Morgan fingerprint density at radius 3 is 2.47 bits per heavy atom. The summed E-state index contributed by atoms with van der Waals surface area (Å²) in [6, 6.07) is 15.9. The van der Waals surface area contributed by atoms with E-state index in [-0.39, 0.29) is 5.41 Å². The van der Waals surface area contributed by atoms with Crippen molar-refractivity contribution in [1.82, 2.24) is 5.32 Å². The van der Waals surface area contributed by atoms with Crippen molar-refractivity contribution in [3.05, 3.63) is 59.7 Å². The van der Waals surface area contributed by atoms with Gasteiger partial charge in [0.25, 0.3) is 0 Å². The molecule has 2 aromatic carbocycles. The minimum absolute atomic E-state index is 0.272. The maximum absolute atomic E-state index is 11.6. The molecule has 6 heteroatoms. The number of sulfone groups is 1. The summed E-state index contributed by atoms with van der Waals surface area (Å²) in [5, 5.41) is 3.48. The first-order valence-corrected chi connectivity index (χ1v) is 12.8. The molecule has 0 radical (unpaired) electrons. The number of guanidine groups is 1. The topological polar surface area (TPSA) is 61.8 Å². The first-order chi connectivity index (χ1) is 14.4. The van der Waals surface area contributed by atoms with Gasteiger partial charge in [0.05, 0.1) is 4.90 Å². The number of para-hydroxylation sites is 1. The fourth-order valence-corrected chi connectivity index (χ4v) is 5.52. The molecule has 1 N–H and O–H groups in total. The van der Waals surface area contributed by atoms with E-state index in [2.05, 4.69) is 41.4 Å². The van der Waals surface area contributed by atoms with E-state index >= 15 is 0 Å². The molecule has 1 spiro atoms. The fraction of sp³-hybridized carbons (Fsp3) is 0.458. The summed E-state index contributed by atoms with van der Waals surface area (Å²) in [4.78, 5) is 7.66. The number of benzene rings is 2. The standard InChI is InChI=1S/C24H31N3O2S/c1-3-25-23(26-17-14-19-10-12-20(13-11-19)30(2,28)29)27-18-24(15-6-7-16-24)21-8-4-5-9-22(21)27/h4-5,8-13H,3,6-7,14-18H2,1-2H3,(H,25,26). The molecule has 0 atom stereocenters. The molecule has 1 aliphatic carbocycles. The molecule has 1 fully saturated rings. The van der Waals surface area contributed by atoms with Gasteiger partial charge in [-0.3, -0.25) is 4.99 Å². The normalized spacial score (nSPS) is 18.1. The van der Waals surface area contributed by atoms with Crippen molar-refractivity contribution < 1.29 is 8.42 Å². The second kappa shape index (κ2) is 8.42. The highest BCUT2D eigenvalue weighted by molar-refractivity contribution is 7.90. The lowest BCUT2D eigenvalue weighted by Crippen LogP contribution is -2.43. The monoisotopic (exact) mass is 425 g/mol. The largest absolute Gasteiger partial charge is 0.356 e. The first kappa shape index (κ1) is 20.9. The van der Waals surface area contributed by atoms with Crippen LogP contribution in [0.3, 0.4) is 0 Å². The van der Waals surface area contributed by atoms with E-state index < -0.39 is 9.84 Å². The van der Waals surface area contributed by atoms with Crippen LogP contribution in [0.15, 0.2) is 58.4 Å². The van der Waals surface area contributed by atoms with Gasteiger partial charge in [-0.15, -0.1) is 0 Å². The molecule has 2 aliphatic rings. The van der Waals surface area contributed by atoms with Crippen LogP contribution in [0.2, 0.25) is 0 Å². The predicted octanol–water partition coefficient (Wildman–Crippen LogP) is 3.93. The molecule has 2 aromatic rings. The van der Waals surface area contributed by atoms with Gasteiger partial charge in [0.1, 0.15) is 0 Å². The predicted molar refractivity (Wildman–Crippen MR) is 123 cm³/mol. The average molecular weight is 426 g/mol. The number of nitrogens with one attached hydrogen (secondary N) is 1. The Bertz CT molecular complexity index is 1020. The van der Waals surface area contributed by atoms with E-state index in [0.717, 1.165) is 31.0 Å². The summed E-state index contributed by atoms with van der Waals surface area (Å²) in [5.74, 6) is 0.946. The maximum atomic E-state index is 11.6. The molecular weight excluding hydrogens is 394 g/mol. The van der Waals surface area contributed by atoms with Crippen LogP contribution in [0.1, 0.15) is 43.7 Å². The summed E-state index contributed by atoms with van der Waals surface area (Å²) in [5.41, 5.74) is 4.13. The number of nitrogens with zero attached hydrogens (tertiary/aromatic N) is 2. The van der Waals surface area contributed by atoms with Crippen LogP contribution >= 0.6 is 0 Å². The zero-order valence-electron chi connectivity index (χ0n) is 17.9. The molecular formula is C24H31N3O2S. The Morgan fingerprint density at radius 1 is 1.10 bits per heavy atom. The molecule has 0 unspecified atom stereocenters. The smallest absolute Gasteiger partial charge is 0.198 e. The highest BCUT2D eigenvalue weighted by atomic mass is 32.2. The van der Waals surface area contributed by atoms with Crippen molar-refractivity contribution in [3.63, 3.8) is 0 Å². The lowest BCUT2D eigenvalue weighted by Gasteiger charge is -2.26. The highest BCUT2D eigenvalue weighted by Crippen LogP contribution is 2.50. The van der Waals surface area contributed by atoms with Crippen LogP contribution in [0, 0.1) is 0 Å². The van der Waals surface area contributed by atoms with Crippen LogP contribution in [0.5, 0.6) is 0 Å². The molecule has 0 saturated heterocycles. The van der Waals surface area contributed by atoms with Gasteiger partial charge < -0.3 is 10.2 Å². The molecule has 160 valence electrons. The van der Waals surface area contributed by atoms with Gasteiger partial charge in [0.15, 0.2) is 15.8 Å². The van der Waals surface area contributed by atoms with Gasteiger partial charge in [-0.2, -0.15) is 0 Å². The Morgan fingerprint density at radius 2 is 1.80 bits per heavy atom. The molecule has 0 bridgehead atoms. The summed E-state index contributed by atoms with van der Waals surface area (Å²) >= 11 is 0. The van der Waals surface area contributed by atoms with Gasteiger partial charge in [0, 0.05) is 37.0 Å². The number of anilines is 1. The molecule has 5 nitrogen and oxygen atoms in total. The van der Waals surface area contributed by atoms with Crippen molar-refractivity contribution in [1.29, 1.82) is 0 Å². The third-order valence-corrected chi connectivity index (χ3v) is 7.52. The Hall–Kier alpha value is -2.34. The fourth-order valence-electron chi connectivity index (χ4n) is 4.89. The Kier molecular flexibility index (Phi) is 5.87. The lowest BCUT2D eigenvalue weighted by molar-refractivity contribution is 0.478. The lowest BCUT2D eigenvalue weighted by atomic mass is 9.81. The van der Waals surface area contributed by atoms with Crippen LogP contribution in [-0.4, -0.2) is 40.3 Å². The molecule has 1 heterocycles. The van der Waals surface area contributed by atoms with Crippen molar-refractivity contribution in [3.8, 4) is 0 Å². The molecule has 0 amide bonds. The zero-order chi connectivity index (χ0) is 21.2. The number of rotatable bonds is 5. The highest BCUT2D eigenvalue weighted by Gasteiger charge is 2.45. The molecule has 4 rings (SSSR count). The first-order valence-electron chi connectivity index (χ1n) is 10.9. The minimum atomic E-state index is -3.16. The van der Waals surface area contributed by atoms with Gasteiger partial charge >= 0.3 is 0 Å². The SMILES string of the molecule is CCNC(=NCCc1ccc(S(C)(=O)=O)cc1)N1CC2(CCCC2)c2ccccc21. The average Bonchev–Trinajstić information content (AvgIpc) is 3.33. The van der Waals surface area contributed by atoms with Crippen molar-refractivity contribution in [2.45, 2.75) is 49.3 Å². The van der Waals surface area contributed by atoms with Crippen LogP contribution < -0.4 is 10.2 Å². The van der Waals surface area contributed by atoms with Gasteiger partial charge in [-0.25, -0.2) is 8.42 Å². The molecule has 1 aliphatic heterocycles. The van der Waals surface area contributed by atoms with Crippen molar-refractivity contribution in [2.24, 2.45) is 4.99 Å². The molecule has 1 saturated carbocycles. The van der Waals surface area contributed by atoms with E-state index in [1.165, 1.54) is 43.2 Å². The maximum Gasteiger partial charge on any atom is 0.198 e. The molecule has 30 heavy (non-hydrogen) atoms. The van der Waals surface area contributed by atoms with Crippen molar-refractivity contribution >= 4 is 21.5 Å². The summed E-state index contributed by atoms with van der Waals surface area (Å²) in [6.07, 6.45) is 7.14. The molecule has 0 aromatic heterocycles. The second-order valence-corrected chi connectivity index (χ2v) is 10.5. The number of hydrogen-bond acceptors (Lipinski definition) is 3. The van der Waals surface area contributed by atoms with Crippen LogP contribution in [-0.2, 0) is 21.7 Å². The van der Waals surface area contributed by atoms with E-state index in [1.54, 1.807) is 12.1 Å². The van der Waals surface area contributed by atoms with E-state index in [0.29, 0.717) is 11.4 Å². The Balaban J connectivity index is 1.52. The minimum Gasteiger partial charge on any atom is -0.356 e. The van der Waals surface area contributed by atoms with Gasteiger partial charge in [-0.05, 0) is 55.5 Å². The number of fused-ring (bicyclic) bond motifs is 2. The van der Waals surface area contributed by atoms with Gasteiger partial charge in [-0.1, -0.05) is 43.2 Å². The zero-order valence-corrected chi connectivity index (χ0v) is 18.7. The quantitative estimate of drug-likeness (QED) is 0.582. The van der Waals surface area contributed by atoms with Gasteiger partial charge in [0.2, 0.25) is 0 Å². The van der Waals surface area contributed by atoms with E-state index in [4.69, 9.17) is 4.99 Å². The number of aliphatic imine (C=N–C) groups is 1. The van der Waals surface area contributed by atoms with Crippen LogP contribution in [0.4, 0.5) is 5.69 Å². The summed E-state index contributed by atoms with van der Waals surface area (Å²) in [7, 11) is -3.16. The summed E-state index contributed by atoms with van der Waals surface area (Å²) in [6.45, 7) is 4.59. The van der Waals surface area contributed by atoms with Crippen molar-refractivity contribution in [2.75, 3.05) is 30.8 Å². The summed E-state index contributed by atoms with van der Waals surface area (Å²) < 4.78 is 23.3. The Labute approximate surface area is 180 Å². The second-order valence-electron chi connectivity index (χ2n) is 8.49.